The van der Waals surface area contributed by atoms with Crippen molar-refractivity contribution < 1.29 is 8.91 Å². The van der Waals surface area contributed by atoms with E-state index in [-0.39, 0.29) is 11.5 Å². The molecule has 0 unspecified atom stereocenters. The van der Waals surface area contributed by atoms with Crippen LogP contribution in [0.3, 0.4) is 0 Å². The summed E-state index contributed by atoms with van der Waals surface area (Å²) in [5.41, 5.74) is 6.03. The summed E-state index contributed by atoms with van der Waals surface area (Å²) < 4.78 is 18.8. The first-order chi connectivity index (χ1) is 8.10. The van der Waals surface area contributed by atoms with Gasteiger partial charge in [0.05, 0.1) is 16.8 Å². The summed E-state index contributed by atoms with van der Waals surface area (Å²) in [6.45, 7) is 1.58. The molecule has 5 nitrogen and oxygen atoms in total. The zero-order valence-corrected chi connectivity index (χ0v) is 9.27. The van der Waals surface area contributed by atoms with Gasteiger partial charge in [-0.1, -0.05) is 5.16 Å². The Morgan fingerprint density at radius 3 is 2.94 bits per heavy atom. The van der Waals surface area contributed by atoms with Gasteiger partial charge in [0.15, 0.2) is 11.6 Å². The summed E-state index contributed by atoms with van der Waals surface area (Å²) in [5, 5.41) is 3.80. The molecule has 1 aliphatic carbocycles. The van der Waals surface area contributed by atoms with Crippen LogP contribution in [-0.4, -0.2) is 15.1 Å². The van der Waals surface area contributed by atoms with Gasteiger partial charge in [-0.25, -0.2) is 4.39 Å². The van der Waals surface area contributed by atoms with Gasteiger partial charge in [0.25, 0.3) is 5.89 Å². The van der Waals surface area contributed by atoms with Gasteiger partial charge in [0, 0.05) is 6.20 Å². The Hall–Kier alpha value is -1.82. The standard InChI is InChI=1S/C11H11FN4O/c1-6-8(12)7(2-5-14-6)9-15-10(16-17-9)11(13)3-4-11/h2,5H,3-4,13H2,1H3. The Morgan fingerprint density at radius 2 is 2.24 bits per heavy atom. The number of aryl methyl sites for hydroxylation is 1. The van der Waals surface area contributed by atoms with Crippen molar-refractivity contribution in [2.75, 3.05) is 0 Å². The second-order valence-electron chi connectivity index (χ2n) is 4.34. The van der Waals surface area contributed by atoms with Crippen LogP contribution in [0.1, 0.15) is 24.4 Å². The predicted molar refractivity (Wildman–Crippen MR) is 57.3 cm³/mol. The molecule has 2 aromatic rings. The molecule has 0 spiro atoms. The molecule has 0 saturated heterocycles. The first-order valence-corrected chi connectivity index (χ1v) is 5.35. The van der Waals surface area contributed by atoms with Crippen molar-refractivity contribution in [3.05, 3.63) is 29.6 Å². The highest BCUT2D eigenvalue weighted by Crippen LogP contribution is 2.41. The minimum Gasteiger partial charge on any atom is -0.334 e. The molecule has 0 aromatic carbocycles. The lowest BCUT2D eigenvalue weighted by Gasteiger charge is -2.00. The summed E-state index contributed by atoms with van der Waals surface area (Å²) in [4.78, 5) is 7.99. The first-order valence-electron chi connectivity index (χ1n) is 5.35. The molecule has 0 amide bonds. The van der Waals surface area contributed by atoms with E-state index in [1.165, 1.54) is 12.3 Å². The minimum atomic E-state index is -0.472. The number of rotatable bonds is 2. The Kier molecular flexibility index (Phi) is 2.03. The zero-order chi connectivity index (χ0) is 12.0. The van der Waals surface area contributed by atoms with Crippen molar-refractivity contribution in [2.45, 2.75) is 25.3 Å². The molecule has 0 radical (unpaired) electrons. The van der Waals surface area contributed by atoms with Gasteiger partial charge >= 0.3 is 0 Å². The SMILES string of the molecule is Cc1nccc(-c2nc(C3(N)CC3)no2)c1F. The van der Waals surface area contributed by atoms with Crippen molar-refractivity contribution in [3.8, 4) is 11.5 Å². The number of pyridine rings is 1. The zero-order valence-electron chi connectivity index (χ0n) is 9.27. The fourth-order valence-electron chi connectivity index (χ4n) is 1.61. The second kappa shape index (κ2) is 3.33. The maximum absolute atomic E-state index is 13.8. The summed E-state index contributed by atoms with van der Waals surface area (Å²) in [5.74, 6) is 0.158. The Labute approximate surface area is 96.9 Å². The number of hydrogen-bond donors (Lipinski definition) is 1. The summed E-state index contributed by atoms with van der Waals surface area (Å²) in [6, 6.07) is 1.51. The van der Waals surface area contributed by atoms with E-state index in [0.717, 1.165) is 12.8 Å². The summed E-state index contributed by atoms with van der Waals surface area (Å²) in [6.07, 6.45) is 3.18. The highest BCUT2D eigenvalue weighted by molar-refractivity contribution is 5.54. The predicted octanol–water partition coefficient (Wildman–Crippen LogP) is 1.53. The number of halogens is 1. The van der Waals surface area contributed by atoms with Crippen LogP contribution in [0, 0.1) is 12.7 Å². The molecule has 0 atom stereocenters. The van der Waals surface area contributed by atoms with E-state index in [0.29, 0.717) is 11.5 Å². The lowest BCUT2D eigenvalue weighted by molar-refractivity contribution is 0.412. The first kappa shape index (κ1) is 10.3. The monoisotopic (exact) mass is 234 g/mol. The van der Waals surface area contributed by atoms with Crippen LogP contribution in [-0.2, 0) is 5.54 Å². The third-order valence-electron chi connectivity index (χ3n) is 2.95. The smallest absolute Gasteiger partial charge is 0.261 e. The molecule has 2 heterocycles. The van der Waals surface area contributed by atoms with Crippen molar-refractivity contribution in [3.63, 3.8) is 0 Å². The molecule has 0 bridgehead atoms. The van der Waals surface area contributed by atoms with Crippen LogP contribution in [0.5, 0.6) is 0 Å². The molecule has 6 heteroatoms. The van der Waals surface area contributed by atoms with Crippen LogP contribution in [0.2, 0.25) is 0 Å². The van der Waals surface area contributed by atoms with E-state index >= 15 is 0 Å². The van der Waals surface area contributed by atoms with Crippen molar-refractivity contribution in [1.82, 2.24) is 15.1 Å². The van der Waals surface area contributed by atoms with E-state index < -0.39 is 11.4 Å². The van der Waals surface area contributed by atoms with E-state index in [9.17, 15) is 4.39 Å². The summed E-state index contributed by atoms with van der Waals surface area (Å²) >= 11 is 0. The maximum atomic E-state index is 13.8. The number of nitrogens with two attached hydrogens (primary N) is 1. The van der Waals surface area contributed by atoms with Crippen LogP contribution in [0.4, 0.5) is 4.39 Å². The average molecular weight is 234 g/mol. The van der Waals surface area contributed by atoms with Crippen LogP contribution in [0.25, 0.3) is 11.5 Å². The molecular formula is C11H11FN4O. The normalized spacial score (nSPS) is 17.1. The molecule has 1 saturated carbocycles. The quantitative estimate of drug-likeness (QED) is 0.852. The third kappa shape index (κ3) is 1.61. The molecule has 17 heavy (non-hydrogen) atoms. The molecule has 2 aromatic heterocycles. The Morgan fingerprint density at radius 1 is 1.47 bits per heavy atom. The maximum Gasteiger partial charge on any atom is 0.261 e. The average Bonchev–Trinajstić information content (AvgIpc) is 2.88. The Balaban J connectivity index is 2.04. The summed E-state index contributed by atoms with van der Waals surface area (Å²) in [7, 11) is 0. The fourth-order valence-corrected chi connectivity index (χ4v) is 1.61. The van der Waals surface area contributed by atoms with Crippen molar-refractivity contribution in [1.29, 1.82) is 0 Å². The third-order valence-corrected chi connectivity index (χ3v) is 2.95. The van der Waals surface area contributed by atoms with E-state index in [4.69, 9.17) is 10.3 Å². The van der Waals surface area contributed by atoms with Gasteiger partial charge in [-0.2, -0.15) is 4.98 Å². The lowest BCUT2D eigenvalue weighted by atomic mass is 10.2. The van der Waals surface area contributed by atoms with E-state index in [1.54, 1.807) is 6.92 Å². The van der Waals surface area contributed by atoms with Gasteiger partial charge in [0.1, 0.15) is 0 Å². The fraction of sp³-hybridized carbons (Fsp3) is 0.364. The minimum absolute atomic E-state index is 0.153. The number of hydrogen-bond acceptors (Lipinski definition) is 5. The van der Waals surface area contributed by atoms with Gasteiger partial charge in [0.2, 0.25) is 0 Å². The van der Waals surface area contributed by atoms with Crippen LogP contribution >= 0.6 is 0 Å². The number of aromatic nitrogens is 3. The molecular weight excluding hydrogens is 223 g/mol. The van der Waals surface area contributed by atoms with Gasteiger partial charge in [-0.15, -0.1) is 0 Å². The molecule has 88 valence electrons. The largest absolute Gasteiger partial charge is 0.334 e. The lowest BCUT2D eigenvalue weighted by Crippen LogP contribution is -2.20. The second-order valence-corrected chi connectivity index (χ2v) is 4.34. The number of nitrogens with zero attached hydrogens (tertiary/aromatic N) is 3. The van der Waals surface area contributed by atoms with Crippen LogP contribution in [0.15, 0.2) is 16.8 Å². The van der Waals surface area contributed by atoms with E-state index in [2.05, 4.69) is 15.1 Å². The molecule has 1 fully saturated rings. The molecule has 3 rings (SSSR count). The van der Waals surface area contributed by atoms with Gasteiger partial charge in [-0.3, -0.25) is 4.98 Å². The van der Waals surface area contributed by atoms with Crippen molar-refractivity contribution in [2.24, 2.45) is 5.73 Å². The highest BCUT2D eigenvalue weighted by atomic mass is 19.1. The molecule has 1 aliphatic rings. The van der Waals surface area contributed by atoms with Gasteiger partial charge < -0.3 is 10.3 Å². The Bertz CT molecular complexity index is 577. The van der Waals surface area contributed by atoms with Gasteiger partial charge in [-0.05, 0) is 25.8 Å². The topological polar surface area (TPSA) is 77.8 Å². The molecule has 0 aliphatic heterocycles. The van der Waals surface area contributed by atoms with Crippen molar-refractivity contribution >= 4 is 0 Å². The van der Waals surface area contributed by atoms with Crippen LogP contribution < -0.4 is 5.73 Å². The highest BCUT2D eigenvalue weighted by Gasteiger charge is 2.44. The van der Waals surface area contributed by atoms with E-state index in [1.807, 2.05) is 0 Å². The molecule has 2 N–H and O–H groups in total.